The first kappa shape index (κ1) is 21.0. The number of rotatable bonds is 8. The van der Waals surface area contributed by atoms with Crippen LogP contribution in [0.3, 0.4) is 0 Å². The second-order valence-electron chi connectivity index (χ2n) is 6.87. The van der Waals surface area contributed by atoms with Crippen molar-refractivity contribution in [3.8, 4) is 0 Å². The van der Waals surface area contributed by atoms with E-state index < -0.39 is 28.8 Å². The predicted octanol–water partition coefficient (Wildman–Crippen LogP) is 2.01. The van der Waals surface area contributed by atoms with Crippen molar-refractivity contribution in [3.05, 3.63) is 70.3 Å². The highest BCUT2D eigenvalue weighted by Gasteiger charge is 2.34. The van der Waals surface area contributed by atoms with Crippen LogP contribution in [0.15, 0.2) is 54.6 Å². The van der Waals surface area contributed by atoms with Gasteiger partial charge in [-0.05, 0) is 30.0 Å². The molecule has 8 nitrogen and oxygen atoms in total. The highest BCUT2D eigenvalue weighted by atomic mass is 16.6. The molecule has 0 aliphatic rings. The highest BCUT2D eigenvalue weighted by Crippen LogP contribution is 2.25. The topological polar surface area (TPSA) is 133 Å². The summed E-state index contributed by atoms with van der Waals surface area (Å²) in [4.78, 5) is 36.9. The lowest BCUT2D eigenvalue weighted by Crippen LogP contribution is -2.56. The fourth-order valence-electron chi connectivity index (χ4n) is 3.05. The van der Waals surface area contributed by atoms with Gasteiger partial charge in [0.15, 0.2) is 0 Å². The molecule has 0 heterocycles. The number of hydrogen-bond donors (Lipinski definition) is 2. The van der Waals surface area contributed by atoms with Crippen molar-refractivity contribution in [1.82, 2.24) is 0 Å². The molecule has 0 fully saturated rings. The smallest absolute Gasteiger partial charge is 0.269 e. The molecule has 2 aromatic carbocycles. The van der Waals surface area contributed by atoms with Crippen LogP contribution in [-0.2, 0) is 16.0 Å². The van der Waals surface area contributed by atoms with Crippen molar-refractivity contribution >= 4 is 23.2 Å². The van der Waals surface area contributed by atoms with E-state index in [0.29, 0.717) is 5.69 Å². The molecule has 0 aliphatic carbocycles. The minimum atomic E-state index is -0.934. The molecule has 0 saturated carbocycles. The maximum absolute atomic E-state index is 13.2. The summed E-state index contributed by atoms with van der Waals surface area (Å²) in [5.41, 5.74) is 12.8. The lowest BCUT2D eigenvalue weighted by atomic mass is 9.98. The summed E-state index contributed by atoms with van der Waals surface area (Å²) in [6.45, 7) is 3.54. The molecule has 2 atom stereocenters. The number of amides is 2. The zero-order chi connectivity index (χ0) is 20.8. The van der Waals surface area contributed by atoms with E-state index in [0.717, 1.165) is 5.56 Å². The Labute approximate surface area is 163 Å². The molecule has 0 radical (unpaired) electrons. The Morgan fingerprint density at radius 2 is 1.64 bits per heavy atom. The van der Waals surface area contributed by atoms with Gasteiger partial charge in [0.05, 0.1) is 11.0 Å². The van der Waals surface area contributed by atoms with Crippen LogP contribution in [0.4, 0.5) is 11.4 Å². The lowest BCUT2D eigenvalue weighted by molar-refractivity contribution is -0.384. The third-order valence-corrected chi connectivity index (χ3v) is 4.39. The first-order valence-corrected chi connectivity index (χ1v) is 8.88. The molecule has 0 saturated heterocycles. The maximum Gasteiger partial charge on any atom is 0.269 e. The van der Waals surface area contributed by atoms with Crippen LogP contribution < -0.4 is 16.4 Å². The zero-order valence-electron chi connectivity index (χ0n) is 15.8. The molecule has 0 unspecified atom stereocenters. The van der Waals surface area contributed by atoms with E-state index in [2.05, 4.69) is 0 Å². The number of carbonyl (C=O) groups is 2. The minimum absolute atomic E-state index is 0.120. The second-order valence-corrected chi connectivity index (χ2v) is 6.87. The number of nitro groups is 1. The number of carbonyl (C=O) groups excluding carboxylic acids is 2. The number of nitro benzene ring substituents is 1. The summed E-state index contributed by atoms with van der Waals surface area (Å²) in [6.07, 6.45) is 0.284. The largest absolute Gasteiger partial charge is 0.368 e. The van der Waals surface area contributed by atoms with Gasteiger partial charge < -0.3 is 11.5 Å². The molecule has 8 heteroatoms. The van der Waals surface area contributed by atoms with Gasteiger partial charge in [0.2, 0.25) is 11.8 Å². The van der Waals surface area contributed by atoms with Gasteiger partial charge in [-0.15, -0.1) is 0 Å². The van der Waals surface area contributed by atoms with Crippen molar-refractivity contribution in [1.29, 1.82) is 0 Å². The first-order chi connectivity index (χ1) is 13.2. The van der Waals surface area contributed by atoms with Crippen molar-refractivity contribution in [2.45, 2.75) is 32.4 Å². The minimum Gasteiger partial charge on any atom is -0.368 e. The van der Waals surface area contributed by atoms with Crippen LogP contribution in [0, 0.1) is 16.0 Å². The molecular formula is C20H24N4O4. The fraction of sp³-hybridized carbons (Fsp3) is 0.300. The number of hydrogen-bond acceptors (Lipinski definition) is 5. The van der Waals surface area contributed by atoms with Crippen LogP contribution in [-0.4, -0.2) is 28.8 Å². The van der Waals surface area contributed by atoms with Gasteiger partial charge in [-0.3, -0.25) is 24.6 Å². The van der Waals surface area contributed by atoms with Crippen LogP contribution in [0.1, 0.15) is 19.4 Å². The molecule has 0 spiro atoms. The quantitative estimate of drug-likeness (QED) is 0.530. The molecule has 2 amide bonds. The summed E-state index contributed by atoms with van der Waals surface area (Å²) < 4.78 is 0. The van der Waals surface area contributed by atoms with E-state index in [1.165, 1.54) is 29.2 Å². The first-order valence-electron chi connectivity index (χ1n) is 8.88. The molecule has 28 heavy (non-hydrogen) atoms. The van der Waals surface area contributed by atoms with Gasteiger partial charge in [-0.25, -0.2) is 0 Å². The SMILES string of the molecule is CC(C)[C@@H](C(N)=O)N(C(=O)[C@H](N)Cc1ccccc1)c1ccc([N+](=O)[O-])cc1. The average Bonchev–Trinajstić information content (AvgIpc) is 2.65. The molecule has 148 valence electrons. The van der Waals surface area contributed by atoms with Crippen LogP contribution in [0.25, 0.3) is 0 Å². The Bertz CT molecular complexity index is 837. The summed E-state index contributed by atoms with van der Waals surface area (Å²) >= 11 is 0. The summed E-state index contributed by atoms with van der Waals surface area (Å²) in [7, 11) is 0. The Morgan fingerprint density at radius 3 is 2.11 bits per heavy atom. The number of primary amides is 1. The standard InChI is InChI=1S/C20H24N4O4/c1-13(2)18(19(22)25)23(15-8-10-16(11-9-15)24(27)28)20(26)17(21)12-14-6-4-3-5-7-14/h3-11,13,17-18H,12,21H2,1-2H3,(H2,22,25)/t17-,18+/m1/s1. The van der Waals surface area contributed by atoms with Gasteiger partial charge >= 0.3 is 0 Å². The van der Waals surface area contributed by atoms with Gasteiger partial charge in [0.25, 0.3) is 5.69 Å². The maximum atomic E-state index is 13.2. The van der Waals surface area contributed by atoms with E-state index in [4.69, 9.17) is 11.5 Å². The molecule has 0 bridgehead atoms. The van der Waals surface area contributed by atoms with Crippen molar-refractivity contribution in [3.63, 3.8) is 0 Å². The zero-order valence-corrected chi connectivity index (χ0v) is 15.8. The van der Waals surface area contributed by atoms with Crippen LogP contribution >= 0.6 is 0 Å². The summed E-state index contributed by atoms with van der Waals surface area (Å²) in [5.74, 6) is -1.43. The summed E-state index contributed by atoms with van der Waals surface area (Å²) in [5, 5.41) is 10.9. The van der Waals surface area contributed by atoms with Crippen LogP contribution in [0.5, 0.6) is 0 Å². The monoisotopic (exact) mass is 384 g/mol. The van der Waals surface area contributed by atoms with Gasteiger partial charge in [-0.2, -0.15) is 0 Å². The van der Waals surface area contributed by atoms with Crippen molar-refractivity contribution in [2.24, 2.45) is 17.4 Å². The Balaban J connectivity index is 2.40. The number of nitrogens with zero attached hydrogens (tertiary/aromatic N) is 2. The predicted molar refractivity (Wildman–Crippen MR) is 107 cm³/mol. The normalized spacial score (nSPS) is 13.0. The molecule has 0 aromatic heterocycles. The molecule has 4 N–H and O–H groups in total. The van der Waals surface area contributed by atoms with E-state index in [9.17, 15) is 19.7 Å². The van der Waals surface area contributed by atoms with E-state index in [1.807, 2.05) is 30.3 Å². The van der Waals surface area contributed by atoms with Crippen LogP contribution in [0.2, 0.25) is 0 Å². The number of nitrogens with two attached hydrogens (primary N) is 2. The van der Waals surface area contributed by atoms with Crippen molar-refractivity contribution in [2.75, 3.05) is 4.90 Å². The number of anilines is 1. The van der Waals surface area contributed by atoms with Crippen molar-refractivity contribution < 1.29 is 14.5 Å². The molecular weight excluding hydrogens is 360 g/mol. The summed E-state index contributed by atoms with van der Waals surface area (Å²) in [6, 6.07) is 12.8. The van der Waals surface area contributed by atoms with Gasteiger partial charge in [-0.1, -0.05) is 44.2 Å². The second kappa shape index (κ2) is 9.09. The molecule has 2 rings (SSSR count). The average molecular weight is 384 g/mol. The highest BCUT2D eigenvalue weighted by molar-refractivity contribution is 6.03. The fourth-order valence-corrected chi connectivity index (χ4v) is 3.05. The molecule has 0 aliphatic heterocycles. The third kappa shape index (κ3) is 4.92. The van der Waals surface area contributed by atoms with E-state index in [1.54, 1.807) is 13.8 Å². The lowest BCUT2D eigenvalue weighted by Gasteiger charge is -2.34. The Hall–Kier alpha value is -3.26. The Morgan fingerprint density at radius 1 is 1.07 bits per heavy atom. The van der Waals surface area contributed by atoms with Gasteiger partial charge in [0, 0.05) is 17.8 Å². The Kier molecular flexibility index (Phi) is 6.84. The number of benzene rings is 2. The third-order valence-electron chi connectivity index (χ3n) is 4.39. The van der Waals surface area contributed by atoms with E-state index in [-0.39, 0.29) is 18.0 Å². The number of non-ortho nitro benzene ring substituents is 1. The molecule has 2 aromatic rings. The van der Waals surface area contributed by atoms with E-state index >= 15 is 0 Å². The van der Waals surface area contributed by atoms with Gasteiger partial charge in [0.1, 0.15) is 6.04 Å².